The molecule has 2 aromatic rings. The Bertz CT molecular complexity index is 664. The first kappa shape index (κ1) is 14.9. The largest absolute Gasteiger partial charge is 0.321 e. The van der Waals surface area contributed by atoms with E-state index in [4.69, 9.17) is 11.6 Å². The van der Waals surface area contributed by atoms with Crippen molar-refractivity contribution in [2.45, 2.75) is 13.3 Å². The fourth-order valence-electron chi connectivity index (χ4n) is 1.65. The quantitative estimate of drug-likeness (QED) is 0.825. The Morgan fingerprint density at radius 3 is 2.85 bits per heavy atom. The molecule has 0 saturated carbocycles. The second-order valence-corrected chi connectivity index (χ2v) is 5.34. The number of hydrogen-bond donors (Lipinski definition) is 1. The van der Waals surface area contributed by atoms with Crippen molar-refractivity contribution in [3.8, 4) is 0 Å². The summed E-state index contributed by atoms with van der Waals surface area (Å²) in [5.74, 6) is -0.791. The maximum absolute atomic E-state index is 13.2. The predicted molar refractivity (Wildman–Crippen MR) is 80.7 cm³/mol. The highest BCUT2D eigenvalue weighted by molar-refractivity contribution is 9.10. The van der Waals surface area contributed by atoms with Crippen LogP contribution in [0.1, 0.15) is 23.0 Å². The number of hydrogen-bond acceptors (Lipinski definition) is 2. The number of aromatic nitrogens is 1. The smallest absolute Gasteiger partial charge is 0.255 e. The van der Waals surface area contributed by atoms with Crippen molar-refractivity contribution < 1.29 is 9.18 Å². The summed E-state index contributed by atoms with van der Waals surface area (Å²) in [7, 11) is 0. The average molecular weight is 358 g/mol. The Kier molecular flexibility index (Phi) is 4.73. The van der Waals surface area contributed by atoms with Crippen molar-refractivity contribution in [1.82, 2.24) is 4.98 Å². The Balaban J connectivity index is 2.28. The number of pyridine rings is 1. The molecule has 1 heterocycles. The zero-order valence-corrected chi connectivity index (χ0v) is 12.9. The molecule has 0 aliphatic rings. The third kappa shape index (κ3) is 3.55. The first-order chi connectivity index (χ1) is 9.49. The Morgan fingerprint density at radius 1 is 1.40 bits per heavy atom. The number of amides is 1. The maximum Gasteiger partial charge on any atom is 0.255 e. The second kappa shape index (κ2) is 6.33. The standard InChI is InChI=1S/C14H11BrClFN2O/c1-2-10-5-8(6-13(16)18-10)14(20)19-12-7-9(17)3-4-11(12)15/h3-7H,2H2,1H3,(H,19,20). The Labute approximate surface area is 129 Å². The molecule has 6 heteroatoms. The number of benzene rings is 1. The lowest BCUT2D eigenvalue weighted by Gasteiger charge is -2.08. The highest BCUT2D eigenvalue weighted by Crippen LogP contribution is 2.24. The van der Waals surface area contributed by atoms with E-state index in [1.54, 1.807) is 6.07 Å². The second-order valence-electron chi connectivity index (χ2n) is 4.10. The molecule has 0 spiro atoms. The van der Waals surface area contributed by atoms with Gasteiger partial charge in [0.05, 0.1) is 5.69 Å². The lowest BCUT2D eigenvalue weighted by molar-refractivity contribution is 0.102. The summed E-state index contributed by atoms with van der Waals surface area (Å²) in [6.07, 6.45) is 0.671. The Hall–Kier alpha value is -1.46. The number of aryl methyl sites for hydroxylation is 1. The topological polar surface area (TPSA) is 42.0 Å². The molecule has 1 N–H and O–H groups in total. The summed E-state index contributed by atoms with van der Waals surface area (Å²) in [6.45, 7) is 1.92. The minimum absolute atomic E-state index is 0.257. The molecule has 1 amide bonds. The summed E-state index contributed by atoms with van der Waals surface area (Å²) in [5, 5.41) is 2.89. The van der Waals surface area contributed by atoms with Crippen LogP contribution in [0.2, 0.25) is 5.15 Å². The fourth-order valence-corrected chi connectivity index (χ4v) is 2.22. The van der Waals surface area contributed by atoms with E-state index >= 15 is 0 Å². The Morgan fingerprint density at radius 2 is 2.15 bits per heavy atom. The molecule has 2 rings (SSSR count). The number of carbonyl (C=O) groups is 1. The zero-order chi connectivity index (χ0) is 14.7. The molecular formula is C14H11BrClFN2O. The third-order valence-corrected chi connectivity index (χ3v) is 3.53. The van der Waals surface area contributed by atoms with Crippen LogP contribution in [0.25, 0.3) is 0 Å². The van der Waals surface area contributed by atoms with E-state index in [0.29, 0.717) is 22.1 Å². The van der Waals surface area contributed by atoms with Crippen LogP contribution in [0.4, 0.5) is 10.1 Å². The van der Waals surface area contributed by atoms with Gasteiger partial charge in [0.2, 0.25) is 0 Å². The van der Waals surface area contributed by atoms with Gasteiger partial charge < -0.3 is 5.32 Å². The van der Waals surface area contributed by atoms with E-state index < -0.39 is 5.82 Å². The van der Waals surface area contributed by atoms with Gasteiger partial charge in [0.1, 0.15) is 11.0 Å². The molecule has 1 aromatic carbocycles. The molecule has 0 radical (unpaired) electrons. The number of nitrogens with one attached hydrogen (secondary N) is 1. The number of carbonyl (C=O) groups excluding carboxylic acids is 1. The molecule has 0 saturated heterocycles. The van der Waals surface area contributed by atoms with E-state index in [9.17, 15) is 9.18 Å². The van der Waals surface area contributed by atoms with Gasteiger partial charge in [0, 0.05) is 15.7 Å². The summed E-state index contributed by atoms with van der Waals surface area (Å²) in [4.78, 5) is 16.2. The predicted octanol–water partition coefficient (Wildman–Crippen LogP) is 4.45. The number of halogens is 3. The van der Waals surface area contributed by atoms with Crippen LogP contribution in [-0.4, -0.2) is 10.9 Å². The number of nitrogens with zero attached hydrogens (tertiary/aromatic N) is 1. The van der Waals surface area contributed by atoms with Crippen LogP contribution >= 0.6 is 27.5 Å². The maximum atomic E-state index is 13.2. The van der Waals surface area contributed by atoms with Crippen LogP contribution in [0.3, 0.4) is 0 Å². The first-order valence-corrected chi connectivity index (χ1v) is 7.09. The fraction of sp³-hybridized carbons (Fsp3) is 0.143. The summed E-state index contributed by atoms with van der Waals surface area (Å²) < 4.78 is 13.8. The van der Waals surface area contributed by atoms with Gasteiger partial charge in [-0.05, 0) is 52.7 Å². The van der Waals surface area contributed by atoms with E-state index in [-0.39, 0.29) is 11.1 Å². The summed E-state index contributed by atoms with van der Waals surface area (Å²) >= 11 is 9.13. The lowest BCUT2D eigenvalue weighted by atomic mass is 10.2. The van der Waals surface area contributed by atoms with Gasteiger partial charge in [-0.25, -0.2) is 9.37 Å². The zero-order valence-electron chi connectivity index (χ0n) is 10.6. The van der Waals surface area contributed by atoms with Crippen molar-refractivity contribution in [2.75, 3.05) is 5.32 Å². The minimum atomic E-state index is -0.425. The van der Waals surface area contributed by atoms with Gasteiger partial charge in [0.25, 0.3) is 5.91 Å². The van der Waals surface area contributed by atoms with Gasteiger partial charge in [-0.2, -0.15) is 0 Å². The van der Waals surface area contributed by atoms with E-state index in [0.717, 1.165) is 5.69 Å². The van der Waals surface area contributed by atoms with Gasteiger partial charge in [-0.15, -0.1) is 0 Å². The van der Waals surface area contributed by atoms with Gasteiger partial charge >= 0.3 is 0 Å². The summed E-state index contributed by atoms with van der Waals surface area (Å²) in [5.41, 5.74) is 1.47. The summed E-state index contributed by atoms with van der Waals surface area (Å²) in [6, 6.07) is 7.21. The molecule has 1 aromatic heterocycles. The molecule has 0 fully saturated rings. The minimum Gasteiger partial charge on any atom is -0.321 e. The van der Waals surface area contributed by atoms with Crippen LogP contribution in [-0.2, 0) is 6.42 Å². The normalized spacial score (nSPS) is 10.4. The highest BCUT2D eigenvalue weighted by Gasteiger charge is 2.11. The van der Waals surface area contributed by atoms with Crippen LogP contribution in [0.15, 0.2) is 34.8 Å². The highest BCUT2D eigenvalue weighted by atomic mass is 79.9. The van der Waals surface area contributed by atoms with E-state index in [1.165, 1.54) is 24.3 Å². The van der Waals surface area contributed by atoms with Crippen LogP contribution in [0.5, 0.6) is 0 Å². The molecule has 104 valence electrons. The van der Waals surface area contributed by atoms with E-state index in [1.807, 2.05) is 6.92 Å². The SMILES string of the molecule is CCc1cc(C(=O)Nc2cc(F)ccc2Br)cc(Cl)n1. The van der Waals surface area contributed by atoms with Crippen LogP contribution in [0, 0.1) is 5.82 Å². The molecular weight excluding hydrogens is 347 g/mol. The number of anilines is 1. The van der Waals surface area contributed by atoms with Crippen molar-refractivity contribution in [1.29, 1.82) is 0 Å². The molecule has 20 heavy (non-hydrogen) atoms. The van der Waals surface area contributed by atoms with Crippen molar-refractivity contribution in [2.24, 2.45) is 0 Å². The van der Waals surface area contributed by atoms with Crippen molar-refractivity contribution in [3.63, 3.8) is 0 Å². The first-order valence-electron chi connectivity index (χ1n) is 5.92. The van der Waals surface area contributed by atoms with E-state index in [2.05, 4.69) is 26.2 Å². The average Bonchev–Trinajstić information content (AvgIpc) is 2.42. The van der Waals surface area contributed by atoms with Gasteiger partial charge in [-0.1, -0.05) is 18.5 Å². The third-order valence-electron chi connectivity index (χ3n) is 2.65. The van der Waals surface area contributed by atoms with Crippen molar-refractivity contribution in [3.05, 3.63) is 57.0 Å². The molecule has 0 aliphatic heterocycles. The molecule has 3 nitrogen and oxygen atoms in total. The lowest BCUT2D eigenvalue weighted by Crippen LogP contribution is -2.13. The van der Waals surface area contributed by atoms with Gasteiger partial charge in [-0.3, -0.25) is 4.79 Å². The molecule has 0 aliphatic carbocycles. The van der Waals surface area contributed by atoms with Crippen molar-refractivity contribution >= 4 is 39.1 Å². The molecule has 0 bridgehead atoms. The monoisotopic (exact) mass is 356 g/mol. The molecule has 0 unspecified atom stereocenters. The van der Waals surface area contributed by atoms with Gasteiger partial charge in [0.15, 0.2) is 0 Å². The van der Waals surface area contributed by atoms with Crippen LogP contribution < -0.4 is 5.32 Å². The molecule has 0 atom stereocenters. The number of rotatable bonds is 3.